The number of anilines is 1. The Bertz CT molecular complexity index is 557. The van der Waals surface area contributed by atoms with Crippen molar-refractivity contribution in [2.75, 3.05) is 44.7 Å². The molecule has 1 aliphatic heterocycles. The number of hydrogen-bond donors (Lipinski definition) is 3. The number of nitrogens with one attached hydrogen (secondary N) is 3. The third-order valence-corrected chi connectivity index (χ3v) is 4.09. The van der Waals surface area contributed by atoms with Crippen LogP contribution in [0.1, 0.15) is 16.7 Å². The molecule has 0 saturated carbocycles. The molecule has 2 rings (SSSR count). The fourth-order valence-corrected chi connectivity index (χ4v) is 2.89. The Labute approximate surface area is 137 Å². The fourth-order valence-electron chi connectivity index (χ4n) is 2.89. The van der Waals surface area contributed by atoms with Gasteiger partial charge < -0.3 is 20.3 Å². The number of benzene rings is 1. The summed E-state index contributed by atoms with van der Waals surface area (Å²) in [6.45, 7) is 10.6. The van der Waals surface area contributed by atoms with Gasteiger partial charge in [0.2, 0.25) is 0 Å². The third kappa shape index (κ3) is 5.04. The maximum Gasteiger partial charge on any atom is 0.313 e. The molecule has 23 heavy (non-hydrogen) atoms. The van der Waals surface area contributed by atoms with Gasteiger partial charge in [-0.25, -0.2) is 0 Å². The highest BCUT2D eigenvalue weighted by molar-refractivity contribution is 6.39. The fraction of sp³-hybridized carbons (Fsp3) is 0.529. The second-order valence-electron chi connectivity index (χ2n) is 6.10. The standard InChI is InChI=1S/C17H25N3O3/c1-12-10-13(2)15(14(3)11-12)19-17(22)16(21)18-4-5-20-6-8-23-9-7-20/h10-11H,4-9H2,1-3H3,(H,18,21)(H,19,22)/p+1. The molecular formula is C17H26N3O3+. The van der Waals surface area contributed by atoms with E-state index in [2.05, 4.69) is 10.6 Å². The minimum Gasteiger partial charge on any atom is -0.370 e. The SMILES string of the molecule is Cc1cc(C)c(NC(=O)C(=O)NCC[NH+]2CCOCC2)c(C)c1. The number of carbonyl (C=O) groups excluding carboxylic acids is 2. The molecule has 0 aromatic heterocycles. The van der Waals surface area contributed by atoms with Gasteiger partial charge in [0.05, 0.1) is 26.3 Å². The summed E-state index contributed by atoms with van der Waals surface area (Å²) in [6, 6.07) is 3.98. The van der Waals surface area contributed by atoms with Gasteiger partial charge in [-0.15, -0.1) is 0 Å². The van der Waals surface area contributed by atoms with E-state index in [-0.39, 0.29) is 0 Å². The first-order valence-corrected chi connectivity index (χ1v) is 8.05. The number of carbonyl (C=O) groups is 2. The van der Waals surface area contributed by atoms with Crippen LogP contribution in [0, 0.1) is 20.8 Å². The second-order valence-corrected chi connectivity index (χ2v) is 6.10. The smallest absolute Gasteiger partial charge is 0.313 e. The van der Waals surface area contributed by atoms with Gasteiger partial charge in [0.25, 0.3) is 0 Å². The quantitative estimate of drug-likeness (QED) is 0.660. The lowest BCUT2D eigenvalue weighted by Crippen LogP contribution is -3.14. The van der Waals surface area contributed by atoms with Crippen molar-refractivity contribution in [1.29, 1.82) is 0 Å². The van der Waals surface area contributed by atoms with E-state index in [0.717, 1.165) is 55.2 Å². The van der Waals surface area contributed by atoms with Crippen LogP contribution in [0.25, 0.3) is 0 Å². The molecule has 1 aliphatic rings. The predicted octanol–water partition coefficient (Wildman–Crippen LogP) is -0.418. The summed E-state index contributed by atoms with van der Waals surface area (Å²) < 4.78 is 5.29. The Morgan fingerprint density at radius 1 is 1.09 bits per heavy atom. The number of hydrogen-bond acceptors (Lipinski definition) is 3. The molecule has 1 fully saturated rings. The maximum atomic E-state index is 12.0. The number of amides is 2. The Morgan fingerprint density at radius 2 is 1.70 bits per heavy atom. The maximum absolute atomic E-state index is 12.0. The minimum absolute atomic E-state index is 0.494. The van der Waals surface area contributed by atoms with Crippen LogP contribution in [-0.2, 0) is 14.3 Å². The van der Waals surface area contributed by atoms with Crippen LogP contribution < -0.4 is 15.5 Å². The second kappa shape index (κ2) is 8.08. The Kier molecular flexibility index (Phi) is 6.12. The third-order valence-electron chi connectivity index (χ3n) is 4.09. The number of rotatable bonds is 4. The molecule has 1 aromatic carbocycles. The number of quaternary nitrogens is 1. The predicted molar refractivity (Wildman–Crippen MR) is 88.7 cm³/mol. The van der Waals surface area contributed by atoms with Gasteiger partial charge in [0.1, 0.15) is 13.1 Å². The molecule has 6 nitrogen and oxygen atoms in total. The van der Waals surface area contributed by atoms with Gasteiger partial charge in [0, 0.05) is 5.69 Å². The van der Waals surface area contributed by atoms with E-state index in [9.17, 15) is 9.59 Å². The molecular weight excluding hydrogens is 294 g/mol. The molecule has 126 valence electrons. The highest BCUT2D eigenvalue weighted by Gasteiger charge is 2.18. The van der Waals surface area contributed by atoms with E-state index in [1.807, 2.05) is 32.9 Å². The van der Waals surface area contributed by atoms with Crippen LogP contribution in [0.5, 0.6) is 0 Å². The molecule has 1 heterocycles. The van der Waals surface area contributed by atoms with Gasteiger partial charge >= 0.3 is 11.8 Å². The topological polar surface area (TPSA) is 71.9 Å². The Hall–Kier alpha value is -1.92. The molecule has 6 heteroatoms. The zero-order valence-corrected chi connectivity index (χ0v) is 14.1. The van der Waals surface area contributed by atoms with Crippen molar-refractivity contribution in [3.63, 3.8) is 0 Å². The van der Waals surface area contributed by atoms with Crippen molar-refractivity contribution in [2.24, 2.45) is 0 Å². The molecule has 0 aliphatic carbocycles. The minimum atomic E-state index is -0.614. The van der Waals surface area contributed by atoms with Crippen LogP contribution in [0.3, 0.4) is 0 Å². The summed E-state index contributed by atoms with van der Waals surface area (Å²) in [4.78, 5) is 25.3. The first-order valence-electron chi connectivity index (χ1n) is 8.05. The first-order chi connectivity index (χ1) is 11.0. The molecule has 3 N–H and O–H groups in total. The van der Waals surface area contributed by atoms with Crippen LogP contribution in [0.4, 0.5) is 5.69 Å². The van der Waals surface area contributed by atoms with Crippen molar-refractivity contribution in [3.05, 3.63) is 28.8 Å². The Balaban J connectivity index is 1.82. The lowest BCUT2D eigenvalue weighted by Gasteiger charge is -2.23. The number of morpholine rings is 1. The van der Waals surface area contributed by atoms with E-state index < -0.39 is 11.8 Å². The summed E-state index contributed by atoms with van der Waals surface area (Å²) in [6.07, 6.45) is 0. The van der Waals surface area contributed by atoms with Crippen molar-refractivity contribution in [2.45, 2.75) is 20.8 Å². The lowest BCUT2D eigenvalue weighted by atomic mass is 10.1. The molecule has 2 amide bonds. The van der Waals surface area contributed by atoms with Crippen molar-refractivity contribution in [1.82, 2.24) is 5.32 Å². The van der Waals surface area contributed by atoms with Gasteiger partial charge in [0.15, 0.2) is 0 Å². The summed E-state index contributed by atoms with van der Waals surface area (Å²) in [7, 11) is 0. The average molecular weight is 320 g/mol. The summed E-state index contributed by atoms with van der Waals surface area (Å²) in [5, 5.41) is 5.40. The van der Waals surface area contributed by atoms with E-state index in [1.54, 1.807) is 0 Å². The summed E-state index contributed by atoms with van der Waals surface area (Å²) >= 11 is 0. The van der Waals surface area contributed by atoms with Crippen LogP contribution in [-0.4, -0.2) is 51.2 Å². The molecule has 1 saturated heterocycles. The van der Waals surface area contributed by atoms with Crippen molar-refractivity contribution in [3.8, 4) is 0 Å². The Morgan fingerprint density at radius 3 is 2.30 bits per heavy atom. The molecule has 0 atom stereocenters. The van der Waals surface area contributed by atoms with Gasteiger partial charge in [-0.3, -0.25) is 9.59 Å². The van der Waals surface area contributed by atoms with Gasteiger partial charge in [-0.05, 0) is 31.9 Å². The highest BCUT2D eigenvalue weighted by atomic mass is 16.5. The molecule has 0 bridgehead atoms. The van der Waals surface area contributed by atoms with Gasteiger partial charge in [-0.2, -0.15) is 0 Å². The van der Waals surface area contributed by atoms with Crippen LogP contribution in [0.2, 0.25) is 0 Å². The molecule has 0 unspecified atom stereocenters. The zero-order chi connectivity index (χ0) is 16.8. The molecule has 1 aromatic rings. The number of aryl methyl sites for hydroxylation is 3. The normalized spacial score (nSPS) is 15.3. The summed E-state index contributed by atoms with van der Waals surface area (Å²) in [5.74, 6) is -1.20. The monoisotopic (exact) mass is 320 g/mol. The van der Waals surface area contributed by atoms with Crippen LogP contribution in [0.15, 0.2) is 12.1 Å². The van der Waals surface area contributed by atoms with Crippen molar-refractivity contribution < 1.29 is 19.2 Å². The highest BCUT2D eigenvalue weighted by Crippen LogP contribution is 2.21. The van der Waals surface area contributed by atoms with Gasteiger partial charge in [-0.1, -0.05) is 17.7 Å². The van der Waals surface area contributed by atoms with Crippen molar-refractivity contribution >= 4 is 17.5 Å². The van der Waals surface area contributed by atoms with Crippen LogP contribution >= 0.6 is 0 Å². The number of ether oxygens (including phenoxy) is 1. The van der Waals surface area contributed by atoms with E-state index >= 15 is 0 Å². The van der Waals surface area contributed by atoms with E-state index in [0.29, 0.717) is 6.54 Å². The average Bonchev–Trinajstić information content (AvgIpc) is 2.51. The largest absolute Gasteiger partial charge is 0.370 e. The van der Waals surface area contributed by atoms with E-state index in [1.165, 1.54) is 4.90 Å². The first kappa shape index (κ1) is 17.4. The van der Waals surface area contributed by atoms with E-state index in [4.69, 9.17) is 4.74 Å². The zero-order valence-electron chi connectivity index (χ0n) is 14.1. The summed E-state index contributed by atoms with van der Waals surface area (Å²) in [5.41, 5.74) is 3.77. The molecule has 0 spiro atoms. The lowest BCUT2D eigenvalue weighted by molar-refractivity contribution is -0.906. The molecule has 0 radical (unpaired) electrons.